The van der Waals surface area contributed by atoms with Gasteiger partial charge in [-0.3, -0.25) is 4.90 Å². The molecule has 1 aromatic heterocycles. The van der Waals surface area contributed by atoms with Crippen molar-refractivity contribution in [1.82, 2.24) is 4.90 Å². The first-order valence-corrected chi connectivity index (χ1v) is 10.5. The topological polar surface area (TPSA) is 42.7 Å². The highest BCUT2D eigenvalue weighted by Gasteiger charge is 2.08. The quantitative estimate of drug-likeness (QED) is 0.297. The Labute approximate surface area is 185 Å². The smallest absolute Gasteiger partial charge is 0.339 e. The zero-order valence-corrected chi connectivity index (χ0v) is 19.0. The van der Waals surface area contributed by atoms with E-state index in [0.717, 1.165) is 55.6 Å². The van der Waals surface area contributed by atoms with Crippen LogP contribution < -0.4 is 10.4 Å². The van der Waals surface area contributed by atoms with Crippen molar-refractivity contribution in [2.24, 2.45) is 0 Å². The third-order valence-electron chi connectivity index (χ3n) is 5.51. The summed E-state index contributed by atoms with van der Waals surface area (Å²) in [4.78, 5) is 14.4. The van der Waals surface area contributed by atoms with E-state index in [1.165, 1.54) is 5.56 Å². The van der Waals surface area contributed by atoms with E-state index in [1.807, 2.05) is 25.1 Å². The molecule has 0 spiro atoms. The maximum absolute atomic E-state index is 11.9. The SMILES string of the molecule is CCN(CCCCCOc1ccc2c(C)c(C)c(=O)oc2c1)Cc1ccccc1.Cl. The van der Waals surface area contributed by atoms with E-state index in [0.29, 0.717) is 17.8 Å². The highest BCUT2D eigenvalue weighted by molar-refractivity contribution is 5.85. The Hall–Kier alpha value is -2.30. The van der Waals surface area contributed by atoms with Crippen LogP contribution in [-0.2, 0) is 6.54 Å². The second kappa shape index (κ2) is 11.8. The molecule has 0 amide bonds. The summed E-state index contributed by atoms with van der Waals surface area (Å²) in [5, 5.41) is 0.965. The molecule has 162 valence electrons. The van der Waals surface area contributed by atoms with Crippen LogP contribution >= 0.6 is 12.4 Å². The van der Waals surface area contributed by atoms with Crippen molar-refractivity contribution in [2.75, 3.05) is 19.7 Å². The van der Waals surface area contributed by atoms with Gasteiger partial charge in [-0.1, -0.05) is 37.3 Å². The first kappa shape index (κ1) is 24.0. The van der Waals surface area contributed by atoms with Gasteiger partial charge in [0, 0.05) is 23.6 Å². The van der Waals surface area contributed by atoms with Crippen LogP contribution in [0, 0.1) is 13.8 Å². The third-order valence-corrected chi connectivity index (χ3v) is 5.51. The zero-order chi connectivity index (χ0) is 20.6. The van der Waals surface area contributed by atoms with Gasteiger partial charge in [0.15, 0.2) is 0 Å². The molecule has 3 rings (SSSR count). The normalized spacial score (nSPS) is 10.9. The number of ether oxygens (including phenoxy) is 1. The molecule has 0 radical (unpaired) electrons. The molecule has 0 aliphatic carbocycles. The summed E-state index contributed by atoms with van der Waals surface area (Å²) in [6, 6.07) is 16.4. The van der Waals surface area contributed by atoms with E-state index in [9.17, 15) is 4.79 Å². The summed E-state index contributed by atoms with van der Waals surface area (Å²) in [6.07, 6.45) is 3.30. The lowest BCUT2D eigenvalue weighted by atomic mass is 10.1. The van der Waals surface area contributed by atoms with Crippen LogP contribution in [0.3, 0.4) is 0 Å². The van der Waals surface area contributed by atoms with Crippen LogP contribution in [0.2, 0.25) is 0 Å². The molecule has 0 saturated heterocycles. The van der Waals surface area contributed by atoms with Crippen molar-refractivity contribution in [3.8, 4) is 5.75 Å². The minimum atomic E-state index is -0.275. The van der Waals surface area contributed by atoms with Gasteiger partial charge in [0.2, 0.25) is 0 Å². The number of halogens is 1. The van der Waals surface area contributed by atoms with Crippen LogP contribution in [0.25, 0.3) is 11.0 Å². The lowest BCUT2D eigenvalue weighted by molar-refractivity contribution is 0.262. The molecule has 0 fully saturated rings. The van der Waals surface area contributed by atoms with E-state index in [4.69, 9.17) is 9.15 Å². The van der Waals surface area contributed by atoms with Gasteiger partial charge in [-0.05, 0) is 69.5 Å². The van der Waals surface area contributed by atoms with E-state index in [2.05, 4.69) is 42.2 Å². The standard InChI is InChI=1S/C25H31NO3.ClH/c1-4-26(18-21-11-7-5-8-12-21)15-9-6-10-16-28-22-13-14-23-19(2)20(3)25(27)29-24(23)17-22;/h5,7-8,11-14,17H,4,6,9-10,15-16,18H2,1-3H3;1H. The fourth-order valence-corrected chi connectivity index (χ4v) is 3.51. The summed E-state index contributed by atoms with van der Waals surface area (Å²) < 4.78 is 11.3. The van der Waals surface area contributed by atoms with Gasteiger partial charge in [-0.15, -0.1) is 12.4 Å². The summed E-state index contributed by atoms with van der Waals surface area (Å²) >= 11 is 0. The van der Waals surface area contributed by atoms with E-state index >= 15 is 0 Å². The number of rotatable bonds is 10. The second-order valence-electron chi connectivity index (χ2n) is 7.56. The average molecular weight is 430 g/mol. The lowest BCUT2D eigenvalue weighted by Gasteiger charge is -2.20. The zero-order valence-electron chi connectivity index (χ0n) is 18.1. The van der Waals surface area contributed by atoms with E-state index in [-0.39, 0.29) is 18.0 Å². The molecule has 1 heterocycles. The molecule has 30 heavy (non-hydrogen) atoms. The van der Waals surface area contributed by atoms with Crippen molar-refractivity contribution in [3.63, 3.8) is 0 Å². The van der Waals surface area contributed by atoms with Gasteiger partial charge in [0.1, 0.15) is 11.3 Å². The van der Waals surface area contributed by atoms with Gasteiger partial charge >= 0.3 is 5.63 Å². The Bertz CT molecular complexity index is 985. The summed E-state index contributed by atoms with van der Waals surface area (Å²) in [5.41, 5.74) is 3.32. The van der Waals surface area contributed by atoms with E-state index < -0.39 is 0 Å². The number of hydrogen-bond donors (Lipinski definition) is 0. The largest absolute Gasteiger partial charge is 0.493 e. The number of fused-ring (bicyclic) bond motifs is 1. The van der Waals surface area contributed by atoms with Crippen molar-refractivity contribution in [3.05, 3.63) is 75.6 Å². The summed E-state index contributed by atoms with van der Waals surface area (Å²) in [5.74, 6) is 0.753. The Morgan fingerprint density at radius 2 is 1.73 bits per heavy atom. The third kappa shape index (κ3) is 6.35. The monoisotopic (exact) mass is 429 g/mol. The molecule has 0 aliphatic heterocycles. The van der Waals surface area contributed by atoms with Crippen LogP contribution in [0.1, 0.15) is 42.9 Å². The first-order valence-electron chi connectivity index (χ1n) is 10.5. The molecule has 0 bridgehead atoms. The summed E-state index contributed by atoms with van der Waals surface area (Å²) in [7, 11) is 0. The maximum Gasteiger partial charge on any atom is 0.339 e. The molecular weight excluding hydrogens is 398 g/mol. The molecule has 4 nitrogen and oxygen atoms in total. The first-order chi connectivity index (χ1) is 14.1. The number of nitrogens with zero attached hydrogens (tertiary/aromatic N) is 1. The molecule has 2 aromatic carbocycles. The minimum absolute atomic E-state index is 0. The Morgan fingerprint density at radius 1 is 0.967 bits per heavy atom. The Morgan fingerprint density at radius 3 is 2.47 bits per heavy atom. The maximum atomic E-state index is 11.9. The fourth-order valence-electron chi connectivity index (χ4n) is 3.51. The van der Waals surface area contributed by atoms with Gasteiger partial charge in [0.25, 0.3) is 0 Å². The molecule has 0 saturated carbocycles. The van der Waals surface area contributed by atoms with Crippen LogP contribution in [0.4, 0.5) is 0 Å². The van der Waals surface area contributed by atoms with Gasteiger partial charge in [0.05, 0.1) is 6.61 Å². The van der Waals surface area contributed by atoms with Gasteiger partial charge in [-0.2, -0.15) is 0 Å². The predicted molar refractivity (Wildman–Crippen MR) is 126 cm³/mol. The predicted octanol–water partition coefficient (Wildman–Crippen LogP) is 5.90. The van der Waals surface area contributed by atoms with Gasteiger partial charge < -0.3 is 9.15 Å². The van der Waals surface area contributed by atoms with Crippen LogP contribution in [-0.4, -0.2) is 24.6 Å². The molecule has 0 atom stereocenters. The number of hydrogen-bond acceptors (Lipinski definition) is 4. The Balaban J connectivity index is 0.00000320. The highest BCUT2D eigenvalue weighted by Crippen LogP contribution is 2.24. The fraction of sp³-hybridized carbons (Fsp3) is 0.400. The average Bonchev–Trinajstić information content (AvgIpc) is 2.74. The van der Waals surface area contributed by atoms with Crippen molar-refractivity contribution >= 4 is 23.4 Å². The van der Waals surface area contributed by atoms with Crippen molar-refractivity contribution < 1.29 is 9.15 Å². The highest BCUT2D eigenvalue weighted by atomic mass is 35.5. The number of benzene rings is 2. The van der Waals surface area contributed by atoms with Crippen LogP contribution in [0.15, 0.2) is 57.7 Å². The van der Waals surface area contributed by atoms with Crippen molar-refractivity contribution in [1.29, 1.82) is 0 Å². The number of aryl methyl sites for hydroxylation is 1. The molecule has 0 N–H and O–H groups in total. The molecule has 0 unspecified atom stereocenters. The molecule has 5 heteroatoms. The second-order valence-corrected chi connectivity index (χ2v) is 7.56. The van der Waals surface area contributed by atoms with E-state index in [1.54, 1.807) is 6.92 Å². The summed E-state index contributed by atoms with van der Waals surface area (Å²) in [6.45, 7) is 9.81. The number of unbranched alkanes of at least 4 members (excludes halogenated alkanes) is 2. The van der Waals surface area contributed by atoms with Crippen molar-refractivity contribution in [2.45, 2.75) is 46.6 Å². The Kier molecular flexibility index (Phi) is 9.41. The lowest BCUT2D eigenvalue weighted by Crippen LogP contribution is -2.24. The minimum Gasteiger partial charge on any atom is -0.493 e. The molecular formula is C25H32ClNO3. The van der Waals surface area contributed by atoms with Gasteiger partial charge in [-0.25, -0.2) is 4.79 Å². The molecule has 3 aromatic rings. The molecule has 0 aliphatic rings. The van der Waals surface area contributed by atoms with Crippen LogP contribution in [0.5, 0.6) is 5.75 Å².